The largest absolute Gasteiger partial charge is 0.379 e. The molecule has 2 aromatic rings. The lowest BCUT2D eigenvalue weighted by Crippen LogP contribution is -2.42. The Morgan fingerprint density at radius 1 is 1.11 bits per heavy atom. The first-order valence-electron chi connectivity index (χ1n) is 9.11. The van der Waals surface area contributed by atoms with Crippen molar-refractivity contribution in [2.45, 2.75) is 6.54 Å². The Morgan fingerprint density at radius 2 is 1.75 bits per heavy atom. The first-order valence-corrected chi connectivity index (χ1v) is 9.49. The predicted molar refractivity (Wildman–Crippen MR) is 107 cm³/mol. The number of rotatable bonds is 7. The van der Waals surface area contributed by atoms with Gasteiger partial charge in [0.2, 0.25) is 0 Å². The van der Waals surface area contributed by atoms with Crippen LogP contribution >= 0.6 is 11.6 Å². The van der Waals surface area contributed by atoms with E-state index in [0.717, 1.165) is 25.2 Å². The van der Waals surface area contributed by atoms with Gasteiger partial charge in [-0.15, -0.1) is 0 Å². The van der Waals surface area contributed by atoms with Crippen LogP contribution in [0.25, 0.3) is 0 Å². The average molecular weight is 404 g/mol. The van der Waals surface area contributed by atoms with Gasteiger partial charge in [0, 0.05) is 55.4 Å². The predicted octanol–water partition coefficient (Wildman–Crippen LogP) is 3.22. The van der Waals surface area contributed by atoms with E-state index in [1.165, 1.54) is 12.1 Å². The molecule has 148 valence electrons. The molecule has 1 aliphatic rings. The third kappa shape index (κ3) is 5.51. The normalized spacial score (nSPS) is 14.6. The van der Waals surface area contributed by atoms with Crippen molar-refractivity contribution in [3.8, 4) is 0 Å². The molecule has 0 radical (unpaired) electrons. The molecule has 3 rings (SSSR count). The van der Waals surface area contributed by atoms with E-state index in [9.17, 15) is 14.9 Å². The molecule has 0 bridgehead atoms. The molecule has 1 saturated heterocycles. The lowest BCUT2D eigenvalue weighted by molar-refractivity contribution is -0.384. The summed E-state index contributed by atoms with van der Waals surface area (Å²) in [5.74, 6) is -0.0942. The van der Waals surface area contributed by atoms with Crippen molar-refractivity contribution in [1.29, 1.82) is 0 Å². The number of carbonyl (C=O) groups excluding carboxylic acids is 1. The van der Waals surface area contributed by atoms with E-state index in [1.54, 1.807) is 41.3 Å². The number of carbonyl (C=O) groups is 1. The number of halogens is 1. The number of amides is 1. The second-order valence-electron chi connectivity index (χ2n) is 6.61. The summed E-state index contributed by atoms with van der Waals surface area (Å²) >= 11 is 5.93. The lowest BCUT2D eigenvalue weighted by Gasteiger charge is -2.30. The molecule has 1 heterocycles. The highest BCUT2D eigenvalue weighted by Crippen LogP contribution is 2.16. The molecule has 0 aromatic heterocycles. The van der Waals surface area contributed by atoms with Gasteiger partial charge in [0.25, 0.3) is 11.6 Å². The summed E-state index contributed by atoms with van der Waals surface area (Å²) in [6.07, 6.45) is 0. The zero-order valence-electron chi connectivity index (χ0n) is 15.4. The van der Waals surface area contributed by atoms with Crippen molar-refractivity contribution in [2.24, 2.45) is 0 Å². The van der Waals surface area contributed by atoms with Gasteiger partial charge in [-0.2, -0.15) is 0 Å². The maximum atomic E-state index is 13.0. The molecule has 0 unspecified atom stereocenters. The van der Waals surface area contributed by atoms with Crippen LogP contribution in [0.15, 0.2) is 48.5 Å². The fourth-order valence-corrected chi connectivity index (χ4v) is 3.18. The van der Waals surface area contributed by atoms with E-state index in [1.807, 2.05) is 0 Å². The topological polar surface area (TPSA) is 75.9 Å². The number of nitro benzene ring substituents is 1. The Balaban J connectivity index is 1.73. The third-order valence-corrected chi connectivity index (χ3v) is 4.94. The van der Waals surface area contributed by atoms with E-state index >= 15 is 0 Å². The minimum Gasteiger partial charge on any atom is -0.379 e. The van der Waals surface area contributed by atoms with Crippen LogP contribution in [-0.4, -0.2) is 60.0 Å². The number of benzene rings is 2. The van der Waals surface area contributed by atoms with Crippen molar-refractivity contribution < 1.29 is 14.5 Å². The molecule has 0 spiro atoms. The molecule has 0 aliphatic carbocycles. The highest BCUT2D eigenvalue weighted by Gasteiger charge is 2.19. The summed E-state index contributed by atoms with van der Waals surface area (Å²) in [6, 6.07) is 13.1. The number of nitro groups is 1. The van der Waals surface area contributed by atoms with Crippen LogP contribution < -0.4 is 0 Å². The maximum Gasteiger partial charge on any atom is 0.269 e. The molecule has 0 atom stereocenters. The van der Waals surface area contributed by atoms with Gasteiger partial charge in [0.05, 0.1) is 18.1 Å². The van der Waals surface area contributed by atoms with E-state index in [2.05, 4.69) is 4.90 Å². The first-order chi connectivity index (χ1) is 13.5. The standard InChI is InChI=1S/C20H22ClN3O4/c21-18-5-3-17(4-6-18)20(25)23(10-9-22-11-13-28-14-12-22)15-16-1-7-19(8-2-16)24(26)27/h1-8H,9-15H2. The minimum atomic E-state index is -0.432. The van der Waals surface area contributed by atoms with Crippen molar-refractivity contribution >= 4 is 23.2 Å². The summed E-state index contributed by atoms with van der Waals surface area (Å²) in [4.78, 5) is 27.5. The van der Waals surface area contributed by atoms with Gasteiger partial charge in [-0.3, -0.25) is 19.8 Å². The van der Waals surface area contributed by atoms with Crippen LogP contribution in [0.3, 0.4) is 0 Å². The van der Waals surface area contributed by atoms with E-state index in [4.69, 9.17) is 16.3 Å². The maximum absolute atomic E-state index is 13.0. The zero-order valence-corrected chi connectivity index (χ0v) is 16.2. The molecule has 1 amide bonds. The Labute approximate surface area is 168 Å². The Kier molecular flexibility index (Phi) is 6.97. The number of hydrogen-bond acceptors (Lipinski definition) is 5. The molecule has 2 aromatic carbocycles. The van der Waals surface area contributed by atoms with Gasteiger partial charge in [-0.05, 0) is 29.8 Å². The number of hydrogen-bond donors (Lipinski definition) is 0. The molecule has 1 fully saturated rings. The van der Waals surface area contributed by atoms with Gasteiger partial charge >= 0.3 is 0 Å². The Hall–Kier alpha value is -2.48. The van der Waals surface area contributed by atoms with Crippen LogP contribution in [0.4, 0.5) is 5.69 Å². The summed E-state index contributed by atoms with van der Waals surface area (Å²) < 4.78 is 5.37. The van der Waals surface area contributed by atoms with Gasteiger partial charge < -0.3 is 9.64 Å². The number of nitrogens with zero attached hydrogens (tertiary/aromatic N) is 3. The van der Waals surface area contributed by atoms with E-state index in [-0.39, 0.29) is 11.6 Å². The summed E-state index contributed by atoms with van der Waals surface area (Å²) in [5.41, 5.74) is 1.44. The Morgan fingerprint density at radius 3 is 2.36 bits per heavy atom. The second kappa shape index (κ2) is 9.64. The smallest absolute Gasteiger partial charge is 0.269 e. The van der Waals surface area contributed by atoms with Crippen LogP contribution in [0.5, 0.6) is 0 Å². The van der Waals surface area contributed by atoms with Crippen LogP contribution in [0.2, 0.25) is 5.02 Å². The SMILES string of the molecule is O=C(c1ccc(Cl)cc1)N(CCN1CCOCC1)Cc1ccc([N+](=O)[O-])cc1. The van der Waals surface area contributed by atoms with Crippen molar-refractivity contribution in [3.05, 3.63) is 74.8 Å². The minimum absolute atomic E-state index is 0.0349. The molecule has 28 heavy (non-hydrogen) atoms. The fraction of sp³-hybridized carbons (Fsp3) is 0.350. The highest BCUT2D eigenvalue weighted by atomic mass is 35.5. The van der Waals surface area contributed by atoms with Crippen LogP contribution in [0, 0.1) is 10.1 Å². The summed E-state index contributed by atoms with van der Waals surface area (Å²) in [5, 5.41) is 11.4. The van der Waals surface area contributed by atoms with Gasteiger partial charge in [0.1, 0.15) is 0 Å². The first kappa shape index (κ1) is 20.3. The molecular weight excluding hydrogens is 382 g/mol. The fourth-order valence-electron chi connectivity index (χ4n) is 3.06. The van der Waals surface area contributed by atoms with E-state index < -0.39 is 4.92 Å². The number of morpholine rings is 1. The van der Waals surface area contributed by atoms with Crippen molar-refractivity contribution in [2.75, 3.05) is 39.4 Å². The average Bonchev–Trinajstić information content (AvgIpc) is 2.72. The Bertz CT molecular complexity index is 805. The molecular formula is C20H22ClN3O4. The lowest BCUT2D eigenvalue weighted by atomic mass is 10.1. The molecule has 0 N–H and O–H groups in total. The molecule has 1 aliphatic heterocycles. The molecule has 8 heteroatoms. The van der Waals surface area contributed by atoms with Crippen LogP contribution in [-0.2, 0) is 11.3 Å². The third-order valence-electron chi connectivity index (χ3n) is 4.69. The van der Waals surface area contributed by atoms with Crippen LogP contribution in [0.1, 0.15) is 15.9 Å². The van der Waals surface area contributed by atoms with Gasteiger partial charge in [-0.1, -0.05) is 23.7 Å². The summed E-state index contributed by atoms with van der Waals surface area (Å²) in [7, 11) is 0. The monoisotopic (exact) mass is 403 g/mol. The van der Waals surface area contributed by atoms with Crippen molar-refractivity contribution in [1.82, 2.24) is 9.80 Å². The summed E-state index contributed by atoms with van der Waals surface area (Å²) in [6.45, 7) is 4.78. The number of ether oxygens (including phenoxy) is 1. The highest BCUT2D eigenvalue weighted by molar-refractivity contribution is 6.30. The zero-order chi connectivity index (χ0) is 19.9. The van der Waals surface area contributed by atoms with Crippen molar-refractivity contribution in [3.63, 3.8) is 0 Å². The molecule has 0 saturated carbocycles. The second-order valence-corrected chi connectivity index (χ2v) is 7.05. The quantitative estimate of drug-likeness (QED) is 0.524. The van der Waals surface area contributed by atoms with E-state index in [0.29, 0.717) is 36.9 Å². The van der Waals surface area contributed by atoms with Gasteiger partial charge in [0.15, 0.2) is 0 Å². The molecule has 7 nitrogen and oxygen atoms in total. The van der Waals surface area contributed by atoms with Gasteiger partial charge in [-0.25, -0.2) is 0 Å². The number of non-ortho nitro benzene ring substituents is 1.